The van der Waals surface area contributed by atoms with E-state index >= 15 is 0 Å². The van der Waals surface area contributed by atoms with E-state index in [1.807, 2.05) is 30.0 Å². The maximum atomic E-state index is 5.95. The summed E-state index contributed by atoms with van der Waals surface area (Å²) in [5, 5.41) is 0.768. The van der Waals surface area contributed by atoms with E-state index in [1.54, 1.807) is 0 Å². The molecule has 0 unspecified atom stereocenters. The van der Waals surface area contributed by atoms with Crippen LogP contribution in [-0.2, 0) is 0 Å². The van der Waals surface area contributed by atoms with Crippen molar-refractivity contribution in [1.29, 1.82) is 0 Å². The van der Waals surface area contributed by atoms with E-state index in [0.29, 0.717) is 0 Å². The number of nitrogen functional groups attached to an aromatic ring is 1. The van der Waals surface area contributed by atoms with Crippen LogP contribution in [0.3, 0.4) is 0 Å². The van der Waals surface area contributed by atoms with Gasteiger partial charge in [-0.2, -0.15) is 0 Å². The Morgan fingerprint density at radius 3 is 2.59 bits per heavy atom. The van der Waals surface area contributed by atoms with Crippen molar-refractivity contribution >= 4 is 29.1 Å². The van der Waals surface area contributed by atoms with Crippen molar-refractivity contribution in [1.82, 2.24) is 0 Å². The van der Waals surface area contributed by atoms with Gasteiger partial charge in [-0.25, -0.2) is 0 Å². The molecule has 0 aliphatic heterocycles. The first-order valence-corrected chi connectivity index (χ1v) is 7.78. The zero-order chi connectivity index (χ0) is 12.5. The van der Waals surface area contributed by atoms with Gasteiger partial charge in [0.05, 0.1) is 0 Å². The third-order valence-corrected chi connectivity index (χ3v) is 4.12. The highest BCUT2D eigenvalue weighted by molar-refractivity contribution is 7.99. The smallest absolute Gasteiger partial charge is 0.0453 e. The van der Waals surface area contributed by atoms with Crippen LogP contribution in [0.15, 0.2) is 23.1 Å². The van der Waals surface area contributed by atoms with Crippen LogP contribution in [-0.4, -0.2) is 5.75 Å². The largest absolute Gasteiger partial charge is 0.398 e. The number of unbranched alkanes of at least 4 members (excludes halogenated alkanes) is 5. The molecule has 0 saturated heterocycles. The van der Waals surface area contributed by atoms with Crippen LogP contribution in [0.5, 0.6) is 0 Å². The third-order valence-electron chi connectivity index (χ3n) is 2.73. The van der Waals surface area contributed by atoms with Crippen molar-refractivity contribution in [2.75, 3.05) is 11.5 Å². The summed E-state index contributed by atoms with van der Waals surface area (Å²) in [5.74, 6) is 1.14. The van der Waals surface area contributed by atoms with E-state index in [-0.39, 0.29) is 0 Å². The molecule has 96 valence electrons. The Bertz CT molecular complexity index is 328. The molecule has 1 aromatic rings. The molecule has 17 heavy (non-hydrogen) atoms. The molecular weight excluding hydrogens is 250 g/mol. The maximum Gasteiger partial charge on any atom is 0.0453 e. The number of benzene rings is 1. The van der Waals surface area contributed by atoms with Crippen molar-refractivity contribution < 1.29 is 0 Å². The minimum atomic E-state index is 0.768. The molecule has 1 rings (SSSR count). The van der Waals surface area contributed by atoms with Gasteiger partial charge in [-0.3, -0.25) is 0 Å². The minimum Gasteiger partial charge on any atom is -0.398 e. The Morgan fingerprint density at radius 2 is 1.82 bits per heavy atom. The second-order valence-corrected chi connectivity index (χ2v) is 5.87. The number of anilines is 1. The molecule has 3 heteroatoms. The molecule has 0 atom stereocenters. The molecule has 1 aromatic carbocycles. The van der Waals surface area contributed by atoms with E-state index in [9.17, 15) is 0 Å². The molecule has 0 aliphatic rings. The van der Waals surface area contributed by atoms with Gasteiger partial charge in [-0.1, -0.05) is 50.6 Å². The van der Waals surface area contributed by atoms with Crippen LogP contribution >= 0.6 is 23.4 Å². The summed E-state index contributed by atoms with van der Waals surface area (Å²) in [6, 6.07) is 5.68. The summed E-state index contributed by atoms with van der Waals surface area (Å²) >= 11 is 7.76. The second kappa shape index (κ2) is 8.71. The molecule has 0 amide bonds. The first-order valence-electron chi connectivity index (χ1n) is 6.42. The summed E-state index contributed by atoms with van der Waals surface area (Å²) in [5.41, 5.74) is 6.73. The molecular formula is C14H22ClNS. The summed E-state index contributed by atoms with van der Waals surface area (Å²) in [4.78, 5) is 1.12. The van der Waals surface area contributed by atoms with Gasteiger partial charge in [0.15, 0.2) is 0 Å². The highest BCUT2D eigenvalue weighted by atomic mass is 35.5. The van der Waals surface area contributed by atoms with Crippen molar-refractivity contribution in [3.05, 3.63) is 23.2 Å². The van der Waals surface area contributed by atoms with E-state index in [2.05, 4.69) is 6.92 Å². The van der Waals surface area contributed by atoms with Gasteiger partial charge in [0, 0.05) is 15.6 Å². The summed E-state index contributed by atoms with van der Waals surface area (Å²) in [6.07, 6.45) is 8.01. The van der Waals surface area contributed by atoms with Crippen LogP contribution in [0.1, 0.15) is 45.4 Å². The van der Waals surface area contributed by atoms with Crippen LogP contribution in [0, 0.1) is 0 Å². The molecule has 0 radical (unpaired) electrons. The lowest BCUT2D eigenvalue weighted by molar-refractivity contribution is 0.627. The standard InChI is InChI=1S/C14H22ClNS/c1-2-3-4-5-6-7-10-17-14-11-12(15)8-9-13(14)16/h8-9,11H,2-7,10,16H2,1H3. The van der Waals surface area contributed by atoms with Gasteiger partial charge in [0.2, 0.25) is 0 Å². The first kappa shape index (κ1) is 14.7. The number of hydrogen-bond donors (Lipinski definition) is 1. The highest BCUT2D eigenvalue weighted by Crippen LogP contribution is 2.28. The fourth-order valence-electron chi connectivity index (χ4n) is 1.70. The zero-order valence-corrected chi connectivity index (χ0v) is 12.1. The number of hydrogen-bond acceptors (Lipinski definition) is 2. The summed E-state index contributed by atoms with van der Waals surface area (Å²) < 4.78 is 0. The van der Waals surface area contributed by atoms with E-state index in [4.69, 9.17) is 17.3 Å². The van der Waals surface area contributed by atoms with Gasteiger partial charge < -0.3 is 5.73 Å². The molecule has 0 aliphatic carbocycles. The monoisotopic (exact) mass is 271 g/mol. The molecule has 0 saturated carbocycles. The Balaban J connectivity index is 2.15. The van der Waals surface area contributed by atoms with Gasteiger partial charge in [-0.05, 0) is 30.4 Å². The molecule has 0 heterocycles. The highest BCUT2D eigenvalue weighted by Gasteiger charge is 2.00. The molecule has 1 nitrogen and oxygen atoms in total. The molecule has 0 bridgehead atoms. The van der Waals surface area contributed by atoms with Crippen LogP contribution in [0.4, 0.5) is 5.69 Å². The van der Waals surface area contributed by atoms with E-state index in [1.165, 1.54) is 38.5 Å². The average Bonchev–Trinajstić information content (AvgIpc) is 2.32. The maximum absolute atomic E-state index is 5.95. The second-order valence-electron chi connectivity index (χ2n) is 4.30. The van der Waals surface area contributed by atoms with E-state index < -0.39 is 0 Å². The van der Waals surface area contributed by atoms with E-state index in [0.717, 1.165) is 21.4 Å². The number of rotatable bonds is 8. The number of nitrogens with two attached hydrogens (primary N) is 1. The summed E-state index contributed by atoms with van der Waals surface area (Å²) in [7, 11) is 0. The fraction of sp³-hybridized carbons (Fsp3) is 0.571. The van der Waals surface area contributed by atoms with Crippen molar-refractivity contribution in [3.63, 3.8) is 0 Å². The fourth-order valence-corrected chi connectivity index (χ4v) is 2.95. The van der Waals surface area contributed by atoms with Crippen LogP contribution in [0.25, 0.3) is 0 Å². The Hall–Kier alpha value is -0.340. The van der Waals surface area contributed by atoms with Crippen molar-refractivity contribution in [2.24, 2.45) is 0 Å². The molecule has 0 aromatic heterocycles. The lowest BCUT2D eigenvalue weighted by atomic mass is 10.1. The zero-order valence-electron chi connectivity index (χ0n) is 10.5. The Morgan fingerprint density at radius 1 is 1.12 bits per heavy atom. The Kier molecular flexibility index (Phi) is 7.54. The molecule has 2 N–H and O–H groups in total. The van der Waals surface area contributed by atoms with Gasteiger partial charge in [0.25, 0.3) is 0 Å². The lowest BCUT2D eigenvalue weighted by Gasteiger charge is -2.05. The Labute approximate surface area is 114 Å². The predicted molar refractivity (Wildman–Crippen MR) is 80.0 cm³/mol. The number of thioether (sulfide) groups is 1. The predicted octanol–water partition coefficient (Wildman–Crippen LogP) is 5.37. The topological polar surface area (TPSA) is 26.0 Å². The van der Waals surface area contributed by atoms with Gasteiger partial charge >= 0.3 is 0 Å². The molecule has 0 spiro atoms. The summed E-state index contributed by atoms with van der Waals surface area (Å²) in [6.45, 7) is 2.25. The molecule has 0 fully saturated rings. The minimum absolute atomic E-state index is 0.768. The average molecular weight is 272 g/mol. The first-order chi connectivity index (χ1) is 8.24. The van der Waals surface area contributed by atoms with Crippen LogP contribution < -0.4 is 5.73 Å². The van der Waals surface area contributed by atoms with Gasteiger partial charge in [0.1, 0.15) is 0 Å². The van der Waals surface area contributed by atoms with Crippen molar-refractivity contribution in [3.8, 4) is 0 Å². The lowest BCUT2D eigenvalue weighted by Crippen LogP contribution is -1.89. The van der Waals surface area contributed by atoms with Crippen molar-refractivity contribution in [2.45, 2.75) is 50.3 Å². The quantitative estimate of drug-likeness (QED) is 0.390. The normalized spacial score (nSPS) is 10.7. The van der Waals surface area contributed by atoms with Crippen LogP contribution in [0.2, 0.25) is 5.02 Å². The SMILES string of the molecule is CCCCCCCCSc1cc(Cl)ccc1N. The third kappa shape index (κ3) is 6.23. The van der Waals surface area contributed by atoms with Gasteiger partial charge in [-0.15, -0.1) is 11.8 Å². The number of halogens is 1.